The maximum absolute atomic E-state index is 6.64. The van der Waals surface area contributed by atoms with E-state index in [2.05, 4.69) is 66.8 Å². The maximum atomic E-state index is 6.64. The van der Waals surface area contributed by atoms with Crippen LogP contribution in [-0.4, -0.2) is 0 Å². The zero-order valence-electron chi connectivity index (χ0n) is 18.2. The van der Waals surface area contributed by atoms with Crippen LogP contribution in [0.15, 0.2) is 103 Å². The number of halogens is 1. The molecule has 0 saturated heterocycles. The van der Waals surface area contributed by atoms with E-state index >= 15 is 0 Å². The first-order valence-corrected chi connectivity index (χ1v) is 12.0. The molecule has 0 amide bonds. The Labute approximate surface area is 202 Å². The average Bonchev–Trinajstić information content (AvgIpc) is 3.32. The van der Waals surface area contributed by atoms with Gasteiger partial charge in [-0.3, -0.25) is 0 Å². The molecule has 0 fully saturated rings. The summed E-state index contributed by atoms with van der Waals surface area (Å²) in [5.74, 6) is 3.34. The van der Waals surface area contributed by atoms with Gasteiger partial charge in [-0.1, -0.05) is 72.3 Å². The quantitative estimate of drug-likeness (QED) is 0.231. The second kappa shape index (κ2) is 6.43. The maximum Gasteiger partial charge on any atom is 0.170 e. The average molecular weight is 459 g/mol. The van der Waals surface area contributed by atoms with Gasteiger partial charge in [0, 0.05) is 10.9 Å². The van der Waals surface area contributed by atoms with Crippen molar-refractivity contribution in [3.8, 4) is 34.1 Å². The number of hydrogen-bond donors (Lipinski definition) is 0. The van der Waals surface area contributed by atoms with Gasteiger partial charge in [0.25, 0.3) is 0 Å². The summed E-state index contributed by atoms with van der Waals surface area (Å²) in [7, 11) is 0. The fraction of sp³-hybridized carbons (Fsp3) is 0.0968. The number of ether oxygens (including phenoxy) is 2. The van der Waals surface area contributed by atoms with Crippen molar-refractivity contribution in [3.63, 3.8) is 0 Å². The Hall–Kier alpha value is -3.75. The van der Waals surface area contributed by atoms with Gasteiger partial charge in [0.2, 0.25) is 0 Å². The van der Waals surface area contributed by atoms with Gasteiger partial charge in [-0.15, -0.1) is 0 Å². The van der Waals surface area contributed by atoms with Crippen LogP contribution in [0.3, 0.4) is 0 Å². The number of fused-ring (bicyclic) bond motifs is 12. The Kier molecular flexibility index (Phi) is 3.53. The monoisotopic (exact) mass is 458 g/mol. The molecule has 0 N–H and O–H groups in total. The highest BCUT2D eigenvalue weighted by molar-refractivity contribution is 6.30. The fourth-order valence-electron chi connectivity index (χ4n) is 6.52. The molecule has 162 valence electrons. The van der Waals surface area contributed by atoms with E-state index in [0.717, 1.165) is 34.4 Å². The molecular formula is C31H19ClO2. The largest absolute Gasteiger partial charge is 0.450 e. The van der Waals surface area contributed by atoms with Crippen LogP contribution in [0.25, 0.3) is 11.1 Å². The molecule has 2 unspecified atom stereocenters. The number of para-hydroxylation sites is 2. The van der Waals surface area contributed by atoms with Gasteiger partial charge in [0.15, 0.2) is 23.0 Å². The van der Waals surface area contributed by atoms with Crippen LogP contribution < -0.4 is 9.47 Å². The molecule has 8 rings (SSSR count). The van der Waals surface area contributed by atoms with Crippen molar-refractivity contribution >= 4 is 11.6 Å². The van der Waals surface area contributed by atoms with Crippen LogP contribution >= 0.6 is 11.6 Å². The minimum Gasteiger partial charge on any atom is -0.450 e. The predicted octanol–water partition coefficient (Wildman–Crippen LogP) is 8.54. The SMILES string of the molecule is Clc1ccc2c(c1)C1(C3=CC=CCC3c3ccccc31)c1cc3c(cc1-2)Oc1ccccc1O3. The third-order valence-corrected chi connectivity index (χ3v) is 8.02. The van der Waals surface area contributed by atoms with Crippen molar-refractivity contribution in [1.29, 1.82) is 0 Å². The molecule has 34 heavy (non-hydrogen) atoms. The van der Waals surface area contributed by atoms with Gasteiger partial charge >= 0.3 is 0 Å². The van der Waals surface area contributed by atoms with Crippen LogP contribution in [0.2, 0.25) is 5.02 Å². The molecule has 3 aliphatic carbocycles. The minimum absolute atomic E-state index is 0.355. The normalized spacial score (nSPS) is 21.9. The van der Waals surface area contributed by atoms with Crippen LogP contribution in [0.1, 0.15) is 34.6 Å². The molecule has 4 aromatic rings. The van der Waals surface area contributed by atoms with Crippen LogP contribution in [-0.2, 0) is 5.41 Å². The Bertz CT molecular complexity index is 1610. The summed E-state index contributed by atoms with van der Waals surface area (Å²) in [5.41, 5.74) is 8.63. The predicted molar refractivity (Wildman–Crippen MR) is 134 cm³/mol. The van der Waals surface area contributed by atoms with Crippen LogP contribution in [0, 0.1) is 0 Å². The van der Waals surface area contributed by atoms with Gasteiger partial charge in [-0.05, 0) is 81.8 Å². The lowest BCUT2D eigenvalue weighted by Gasteiger charge is -2.33. The van der Waals surface area contributed by atoms with E-state index in [1.165, 1.54) is 39.0 Å². The summed E-state index contributed by atoms with van der Waals surface area (Å²) in [5, 5.41) is 0.753. The lowest BCUT2D eigenvalue weighted by Crippen LogP contribution is -2.27. The first-order chi connectivity index (χ1) is 16.7. The summed E-state index contributed by atoms with van der Waals surface area (Å²) in [6, 6.07) is 27.4. The second-order valence-corrected chi connectivity index (χ2v) is 9.80. The Morgan fingerprint density at radius 3 is 2.29 bits per heavy atom. The molecule has 4 aromatic carbocycles. The number of hydrogen-bond acceptors (Lipinski definition) is 2. The highest BCUT2D eigenvalue weighted by atomic mass is 35.5. The summed E-state index contributed by atoms with van der Waals surface area (Å²) in [6.45, 7) is 0. The van der Waals surface area contributed by atoms with Gasteiger partial charge in [0.05, 0.1) is 5.41 Å². The van der Waals surface area contributed by atoms with Crippen LogP contribution in [0.4, 0.5) is 0 Å². The van der Waals surface area contributed by atoms with E-state index in [9.17, 15) is 0 Å². The van der Waals surface area contributed by atoms with E-state index < -0.39 is 5.41 Å². The van der Waals surface area contributed by atoms with E-state index in [1.807, 2.05) is 30.3 Å². The van der Waals surface area contributed by atoms with Crippen molar-refractivity contribution in [2.24, 2.45) is 0 Å². The van der Waals surface area contributed by atoms with Crippen molar-refractivity contribution in [1.82, 2.24) is 0 Å². The van der Waals surface area contributed by atoms with Gasteiger partial charge in [-0.25, -0.2) is 0 Å². The molecule has 1 heterocycles. The summed E-state index contributed by atoms with van der Waals surface area (Å²) in [6.07, 6.45) is 7.81. The van der Waals surface area contributed by atoms with Gasteiger partial charge < -0.3 is 9.47 Å². The van der Waals surface area contributed by atoms with Gasteiger partial charge in [0.1, 0.15) is 0 Å². The Balaban J connectivity index is 1.48. The summed E-state index contributed by atoms with van der Waals surface area (Å²) < 4.78 is 12.7. The molecular weight excluding hydrogens is 440 g/mol. The number of rotatable bonds is 0. The third-order valence-electron chi connectivity index (χ3n) is 7.78. The molecule has 1 aliphatic heterocycles. The first-order valence-electron chi connectivity index (χ1n) is 11.7. The molecule has 2 nitrogen and oxygen atoms in total. The molecule has 0 radical (unpaired) electrons. The molecule has 0 bridgehead atoms. The highest BCUT2D eigenvalue weighted by Gasteiger charge is 2.55. The third kappa shape index (κ3) is 2.17. The molecule has 0 aromatic heterocycles. The van der Waals surface area contributed by atoms with Crippen LogP contribution in [0.5, 0.6) is 23.0 Å². The van der Waals surface area contributed by atoms with Crippen molar-refractivity contribution in [2.75, 3.05) is 0 Å². The summed E-state index contributed by atoms with van der Waals surface area (Å²) in [4.78, 5) is 0. The highest BCUT2D eigenvalue weighted by Crippen LogP contribution is 2.66. The lowest BCUT2D eigenvalue weighted by atomic mass is 9.69. The molecule has 3 heteroatoms. The lowest BCUT2D eigenvalue weighted by molar-refractivity contribution is 0.359. The van der Waals surface area contributed by atoms with E-state index in [1.54, 1.807) is 0 Å². The zero-order valence-corrected chi connectivity index (χ0v) is 19.0. The van der Waals surface area contributed by atoms with E-state index in [0.29, 0.717) is 5.92 Å². The second-order valence-electron chi connectivity index (χ2n) is 9.36. The van der Waals surface area contributed by atoms with E-state index in [4.69, 9.17) is 21.1 Å². The van der Waals surface area contributed by atoms with E-state index in [-0.39, 0.29) is 0 Å². The molecule has 2 atom stereocenters. The zero-order chi connectivity index (χ0) is 22.4. The number of benzene rings is 4. The van der Waals surface area contributed by atoms with Crippen molar-refractivity contribution in [2.45, 2.75) is 17.8 Å². The minimum atomic E-state index is -0.392. The summed E-state index contributed by atoms with van der Waals surface area (Å²) >= 11 is 6.64. The van der Waals surface area contributed by atoms with Gasteiger partial charge in [-0.2, -0.15) is 0 Å². The molecule has 0 saturated carbocycles. The standard InChI is InChI=1S/C31H19ClO2/c32-18-13-14-21-22-16-29-30(34-28-12-6-5-11-27(28)33-29)17-26(22)31(25(21)15-18)23-9-3-1-7-19(23)20-8-2-4-10-24(20)31/h1-7,9-17,20H,8H2. The smallest absolute Gasteiger partial charge is 0.170 e. The Morgan fingerprint density at radius 2 is 1.44 bits per heavy atom. The number of allylic oxidation sites excluding steroid dienone is 4. The Morgan fingerprint density at radius 1 is 0.706 bits per heavy atom. The first kappa shape index (κ1) is 18.7. The molecule has 1 spiro atoms. The topological polar surface area (TPSA) is 18.5 Å². The van der Waals surface area contributed by atoms with Crippen molar-refractivity contribution < 1.29 is 9.47 Å². The van der Waals surface area contributed by atoms with Crippen molar-refractivity contribution in [3.05, 3.63) is 130 Å². The fourth-order valence-corrected chi connectivity index (χ4v) is 6.70. The molecule has 4 aliphatic rings.